The van der Waals surface area contributed by atoms with Crippen molar-refractivity contribution >= 4 is 22.6 Å². The van der Waals surface area contributed by atoms with Crippen LogP contribution < -0.4 is 5.32 Å². The van der Waals surface area contributed by atoms with E-state index in [-0.39, 0.29) is 0 Å². The highest BCUT2D eigenvalue weighted by atomic mass is 35.5. The van der Waals surface area contributed by atoms with Gasteiger partial charge >= 0.3 is 0 Å². The molecular weight excluding hydrogens is 258 g/mol. The molecule has 2 unspecified atom stereocenters. The molecule has 0 aliphatic carbocycles. The summed E-state index contributed by atoms with van der Waals surface area (Å²) < 4.78 is 5.93. The number of hydrogen-bond acceptors (Lipinski definition) is 2. The molecule has 104 valence electrons. The maximum absolute atomic E-state index is 6.00. The molecule has 3 heteroatoms. The summed E-state index contributed by atoms with van der Waals surface area (Å²) in [5, 5.41) is 5.31. The van der Waals surface area contributed by atoms with Gasteiger partial charge in [0.05, 0.1) is 0 Å². The topological polar surface area (TPSA) is 25.2 Å². The van der Waals surface area contributed by atoms with E-state index in [0.29, 0.717) is 17.9 Å². The Hall–Kier alpha value is -0.990. The van der Waals surface area contributed by atoms with Gasteiger partial charge in [0.15, 0.2) is 0 Å². The largest absolute Gasteiger partial charge is 0.461 e. The first kappa shape index (κ1) is 14.4. The molecule has 1 aromatic carbocycles. The summed E-state index contributed by atoms with van der Waals surface area (Å²) in [5.41, 5.74) is 0.912. The fourth-order valence-electron chi connectivity index (χ4n) is 2.14. The van der Waals surface area contributed by atoms with Crippen LogP contribution in [0.15, 0.2) is 28.7 Å². The van der Waals surface area contributed by atoms with Crippen LogP contribution in [0.5, 0.6) is 0 Å². The summed E-state index contributed by atoms with van der Waals surface area (Å²) in [7, 11) is 0. The zero-order chi connectivity index (χ0) is 14.0. The second-order valence-electron chi connectivity index (χ2n) is 5.66. The Labute approximate surface area is 120 Å². The van der Waals surface area contributed by atoms with Crippen LogP contribution in [0.2, 0.25) is 5.02 Å². The quantitative estimate of drug-likeness (QED) is 0.848. The van der Waals surface area contributed by atoms with Crippen molar-refractivity contribution in [1.82, 2.24) is 5.32 Å². The number of fused-ring (bicyclic) bond motifs is 1. The van der Waals surface area contributed by atoms with Gasteiger partial charge in [-0.05, 0) is 36.7 Å². The van der Waals surface area contributed by atoms with Crippen LogP contribution in [0.3, 0.4) is 0 Å². The summed E-state index contributed by atoms with van der Waals surface area (Å²) in [6.07, 6.45) is 0. The molecule has 0 fully saturated rings. The predicted molar refractivity (Wildman–Crippen MR) is 81.9 cm³/mol. The minimum Gasteiger partial charge on any atom is -0.461 e. The molecule has 2 aromatic rings. The highest BCUT2D eigenvalue weighted by molar-refractivity contribution is 6.31. The van der Waals surface area contributed by atoms with Gasteiger partial charge in [-0.1, -0.05) is 39.3 Å². The number of halogens is 1. The number of hydrogen-bond donors (Lipinski definition) is 1. The molecule has 1 N–H and O–H groups in total. The van der Waals surface area contributed by atoms with Gasteiger partial charge in [0.1, 0.15) is 11.3 Å². The Morgan fingerprint density at radius 2 is 1.89 bits per heavy atom. The normalized spacial score (nSPS) is 15.1. The maximum atomic E-state index is 6.00. The summed E-state index contributed by atoms with van der Waals surface area (Å²) in [5.74, 6) is 1.95. The Morgan fingerprint density at radius 1 is 1.16 bits per heavy atom. The van der Waals surface area contributed by atoms with Crippen LogP contribution in [0, 0.1) is 5.92 Å². The molecule has 2 nitrogen and oxygen atoms in total. The molecule has 19 heavy (non-hydrogen) atoms. The van der Waals surface area contributed by atoms with Gasteiger partial charge in [-0.15, -0.1) is 0 Å². The van der Waals surface area contributed by atoms with Gasteiger partial charge in [-0.3, -0.25) is 0 Å². The summed E-state index contributed by atoms with van der Waals surface area (Å²) in [4.78, 5) is 0. The lowest BCUT2D eigenvalue weighted by Gasteiger charge is -2.19. The van der Waals surface area contributed by atoms with Crippen LogP contribution in [-0.2, 0) is 0 Å². The van der Waals surface area contributed by atoms with Gasteiger partial charge in [0, 0.05) is 22.4 Å². The lowest BCUT2D eigenvalue weighted by molar-refractivity contribution is 0.380. The van der Waals surface area contributed by atoms with Crippen LogP contribution in [0.1, 0.15) is 39.4 Å². The van der Waals surface area contributed by atoms with Crippen LogP contribution in [0.25, 0.3) is 11.0 Å². The van der Waals surface area contributed by atoms with Crippen molar-refractivity contribution in [3.8, 4) is 0 Å². The lowest BCUT2D eigenvalue weighted by atomic mass is 9.93. The van der Waals surface area contributed by atoms with E-state index in [4.69, 9.17) is 16.0 Å². The Morgan fingerprint density at radius 3 is 2.58 bits per heavy atom. The minimum absolute atomic E-state index is 0.387. The first-order valence-electron chi connectivity index (χ1n) is 6.89. The fraction of sp³-hybridized carbons (Fsp3) is 0.500. The molecule has 0 amide bonds. The number of nitrogens with one attached hydrogen (secondary N) is 1. The highest BCUT2D eigenvalue weighted by Gasteiger charge is 2.18. The Balaban J connectivity index is 2.14. The number of benzene rings is 1. The fourth-order valence-corrected chi connectivity index (χ4v) is 2.32. The van der Waals surface area contributed by atoms with E-state index in [1.54, 1.807) is 0 Å². The van der Waals surface area contributed by atoms with E-state index in [1.807, 2.05) is 18.2 Å². The summed E-state index contributed by atoms with van der Waals surface area (Å²) >= 11 is 6.00. The van der Waals surface area contributed by atoms with Crippen molar-refractivity contribution < 1.29 is 4.42 Å². The monoisotopic (exact) mass is 279 g/mol. The van der Waals surface area contributed by atoms with Crippen LogP contribution >= 0.6 is 11.6 Å². The van der Waals surface area contributed by atoms with E-state index in [9.17, 15) is 0 Å². The zero-order valence-electron chi connectivity index (χ0n) is 12.0. The van der Waals surface area contributed by atoms with Gasteiger partial charge in [0.25, 0.3) is 0 Å². The number of rotatable bonds is 5. The maximum Gasteiger partial charge on any atom is 0.134 e. The van der Waals surface area contributed by atoms with Crippen LogP contribution in [0.4, 0.5) is 0 Å². The van der Waals surface area contributed by atoms with Gasteiger partial charge in [0.2, 0.25) is 0 Å². The lowest BCUT2D eigenvalue weighted by Crippen LogP contribution is -2.29. The molecular formula is C16H22ClNO. The van der Waals surface area contributed by atoms with Gasteiger partial charge < -0.3 is 9.73 Å². The third-order valence-corrected chi connectivity index (χ3v) is 3.88. The molecule has 0 saturated carbocycles. The number of furan rings is 1. The standard InChI is InChI=1S/C16H22ClNO/c1-10(2)18-9-11(3)12(4)16-8-13-7-14(17)5-6-15(13)19-16/h5-8,10-12,18H,9H2,1-4H3. The average molecular weight is 280 g/mol. The van der Waals surface area contributed by atoms with Crippen molar-refractivity contribution in [2.75, 3.05) is 6.54 Å². The average Bonchev–Trinajstić information content (AvgIpc) is 2.77. The first-order valence-corrected chi connectivity index (χ1v) is 7.27. The van der Waals surface area contributed by atoms with E-state index < -0.39 is 0 Å². The minimum atomic E-state index is 0.387. The molecule has 0 spiro atoms. The predicted octanol–water partition coefficient (Wildman–Crippen LogP) is 4.82. The second kappa shape index (κ2) is 5.98. The molecule has 0 aliphatic heterocycles. The summed E-state index contributed by atoms with van der Waals surface area (Å²) in [6, 6.07) is 8.38. The van der Waals surface area contributed by atoms with Crippen LogP contribution in [-0.4, -0.2) is 12.6 Å². The van der Waals surface area contributed by atoms with E-state index in [0.717, 1.165) is 28.3 Å². The molecule has 1 aromatic heterocycles. The Bertz CT molecular complexity index is 547. The van der Waals surface area contributed by atoms with E-state index in [2.05, 4.69) is 39.1 Å². The molecule has 1 heterocycles. The van der Waals surface area contributed by atoms with Crippen molar-refractivity contribution in [3.63, 3.8) is 0 Å². The zero-order valence-corrected chi connectivity index (χ0v) is 12.8. The molecule has 0 saturated heterocycles. The van der Waals surface area contributed by atoms with E-state index >= 15 is 0 Å². The van der Waals surface area contributed by atoms with Gasteiger partial charge in [-0.2, -0.15) is 0 Å². The first-order chi connectivity index (χ1) is 8.97. The summed E-state index contributed by atoms with van der Waals surface area (Å²) in [6.45, 7) is 9.80. The molecule has 2 atom stereocenters. The Kier molecular flexibility index (Phi) is 4.54. The second-order valence-corrected chi connectivity index (χ2v) is 6.10. The third-order valence-electron chi connectivity index (χ3n) is 3.65. The smallest absolute Gasteiger partial charge is 0.134 e. The molecule has 0 bridgehead atoms. The molecule has 2 rings (SSSR count). The van der Waals surface area contributed by atoms with Gasteiger partial charge in [-0.25, -0.2) is 0 Å². The molecule has 0 radical (unpaired) electrons. The van der Waals surface area contributed by atoms with Crippen molar-refractivity contribution in [2.24, 2.45) is 5.92 Å². The van der Waals surface area contributed by atoms with Crippen molar-refractivity contribution in [3.05, 3.63) is 35.0 Å². The SMILES string of the molecule is CC(C)NCC(C)C(C)c1cc2cc(Cl)ccc2o1. The van der Waals surface area contributed by atoms with E-state index in [1.165, 1.54) is 0 Å². The van der Waals surface area contributed by atoms with Crippen molar-refractivity contribution in [2.45, 2.75) is 39.7 Å². The molecule has 0 aliphatic rings. The highest BCUT2D eigenvalue weighted by Crippen LogP contribution is 2.30. The third kappa shape index (κ3) is 3.52. The van der Waals surface area contributed by atoms with Crippen molar-refractivity contribution in [1.29, 1.82) is 0 Å².